The quantitative estimate of drug-likeness (QED) is 0.373. The molecule has 4 rings (SSSR count). The molecule has 0 aliphatic carbocycles. The number of para-hydroxylation sites is 2. The Morgan fingerprint density at radius 2 is 1.58 bits per heavy atom. The van der Waals surface area contributed by atoms with Gasteiger partial charge in [-0.2, -0.15) is 5.10 Å². The maximum absolute atomic E-state index is 13.1. The Bertz CT molecular complexity index is 1190. The van der Waals surface area contributed by atoms with Gasteiger partial charge in [-0.05, 0) is 48.5 Å². The molecule has 0 spiro atoms. The van der Waals surface area contributed by atoms with Crippen LogP contribution >= 0.6 is 0 Å². The Kier molecular flexibility index (Phi) is 7.02. The standard InChI is InChI=1S/C26H24N2O5/c1-31-22-11-13-23(14-12-22)32-17-21(29)18-33-25-10-6-5-9-24(25)26(30)19-15-27-28(16-19)20-7-3-2-4-8-20/h2-16,21,29H,17-18H2,1H3/t21-/m1/s1. The Balaban J connectivity index is 1.38. The first-order chi connectivity index (χ1) is 16.1. The fraction of sp³-hybridized carbons (Fsp3) is 0.154. The molecule has 1 heterocycles. The monoisotopic (exact) mass is 444 g/mol. The van der Waals surface area contributed by atoms with Crippen LogP contribution in [0, 0.1) is 0 Å². The summed E-state index contributed by atoms with van der Waals surface area (Å²) in [6, 6.07) is 23.6. The highest BCUT2D eigenvalue weighted by molar-refractivity contribution is 6.10. The SMILES string of the molecule is COc1ccc(OC[C@@H](O)COc2ccccc2C(=O)c2cnn(-c3ccccc3)c2)cc1. The van der Waals surface area contributed by atoms with Crippen LogP contribution in [0.2, 0.25) is 0 Å². The van der Waals surface area contributed by atoms with Crippen molar-refractivity contribution in [2.75, 3.05) is 20.3 Å². The molecule has 0 aliphatic heterocycles. The van der Waals surface area contributed by atoms with E-state index in [1.165, 1.54) is 6.20 Å². The molecule has 0 radical (unpaired) electrons. The van der Waals surface area contributed by atoms with Gasteiger partial charge in [-0.25, -0.2) is 4.68 Å². The summed E-state index contributed by atoms with van der Waals surface area (Å²) in [5.41, 5.74) is 1.70. The molecule has 0 fully saturated rings. The third-order valence-corrected chi connectivity index (χ3v) is 4.93. The van der Waals surface area contributed by atoms with Gasteiger partial charge in [0.25, 0.3) is 0 Å². The van der Waals surface area contributed by atoms with Crippen molar-refractivity contribution < 1.29 is 24.1 Å². The zero-order chi connectivity index (χ0) is 23.0. The molecule has 7 heteroatoms. The number of hydrogen-bond acceptors (Lipinski definition) is 6. The Labute approximate surface area is 191 Å². The first kappa shape index (κ1) is 22.1. The van der Waals surface area contributed by atoms with Gasteiger partial charge >= 0.3 is 0 Å². The maximum atomic E-state index is 13.1. The lowest BCUT2D eigenvalue weighted by atomic mass is 10.1. The van der Waals surface area contributed by atoms with E-state index in [0.717, 1.165) is 11.4 Å². The van der Waals surface area contributed by atoms with Crippen molar-refractivity contribution in [3.8, 4) is 22.9 Å². The third-order valence-electron chi connectivity index (χ3n) is 4.93. The van der Waals surface area contributed by atoms with Crippen molar-refractivity contribution >= 4 is 5.78 Å². The van der Waals surface area contributed by atoms with Crippen LogP contribution in [-0.2, 0) is 0 Å². The summed E-state index contributed by atoms with van der Waals surface area (Å²) in [5, 5.41) is 14.6. The zero-order valence-corrected chi connectivity index (χ0v) is 18.1. The van der Waals surface area contributed by atoms with Crippen LogP contribution in [0.3, 0.4) is 0 Å². The fourth-order valence-electron chi connectivity index (χ4n) is 3.20. The molecule has 0 bridgehead atoms. The number of hydrogen-bond donors (Lipinski definition) is 1. The minimum absolute atomic E-state index is 0.0241. The summed E-state index contributed by atoms with van der Waals surface area (Å²) in [4.78, 5) is 13.1. The molecule has 0 saturated carbocycles. The number of ketones is 1. The largest absolute Gasteiger partial charge is 0.497 e. The number of rotatable bonds is 10. The molecule has 0 amide bonds. The van der Waals surface area contributed by atoms with Crippen LogP contribution in [0.5, 0.6) is 17.2 Å². The lowest BCUT2D eigenvalue weighted by Gasteiger charge is -2.15. The summed E-state index contributed by atoms with van der Waals surface area (Å²) in [5.74, 6) is 1.51. The van der Waals surface area contributed by atoms with Gasteiger partial charge in [-0.1, -0.05) is 30.3 Å². The molecule has 0 saturated heterocycles. The van der Waals surface area contributed by atoms with Crippen molar-refractivity contribution in [3.63, 3.8) is 0 Å². The average molecular weight is 444 g/mol. The Hall–Kier alpha value is -4.10. The van der Waals surface area contributed by atoms with Crippen molar-refractivity contribution in [2.24, 2.45) is 0 Å². The summed E-state index contributed by atoms with van der Waals surface area (Å²) < 4.78 is 18.1. The first-order valence-corrected chi connectivity index (χ1v) is 10.5. The molecule has 1 aromatic heterocycles. The van der Waals surface area contributed by atoms with E-state index in [1.807, 2.05) is 30.3 Å². The molecule has 1 N–H and O–H groups in total. The number of aliphatic hydroxyl groups is 1. The van der Waals surface area contributed by atoms with Gasteiger partial charge in [0.15, 0.2) is 5.78 Å². The maximum Gasteiger partial charge on any atom is 0.199 e. The number of ether oxygens (including phenoxy) is 3. The van der Waals surface area contributed by atoms with Gasteiger partial charge in [-0.15, -0.1) is 0 Å². The van der Waals surface area contributed by atoms with E-state index < -0.39 is 6.10 Å². The normalized spacial score (nSPS) is 11.6. The van der Waals surface area contributed by atoms with E-state index in [9.17, 15) is 9.90 Å². The number of aromatic nitrogens is 2. The second-order valence-corrected chi connectivity index (χ2v) is 7.29. The zero-order valence-electron chi connectivity index (χ0n) is 18.1. The molecule has 0 aliphatic rings. The van der Waals surface area contributed by atoms with Crippen molar-refractivity contribution in [3.05, 3.63) is 102 Å². The molecule has 7 nitrogen and oxygen atoms in total. The van der Waals surface area contributed by atoms with Gasteiger partial charge in [0.1, 0.15) is 36.6 Å². The molecule has 3 aromatic carbocycles. The van der Waals surface area contributed by atoms with Crippen molar-refractivity contribution in [1.29, 1.82) is 0 Å². The number of nitrogens with zero attached hydrogens (tertiary/aromatic N) is 2. The van der Waals surface area contributed by atoms with Crippen LogP contribution < -0.4 is 14.2 Å². The summed E-state index contributed by atoms with van der Waals surface area (Å²) in [6.45, 7) is 0.0238. The lowest BCUT2D eigenvalue weighted by Crippen LogP contribution is -2.25. The number of carbonyl (C=O) groups is 1. The number of methoxy groups -OCH3 is 1. The first-order valence-electron chi connectivity index (χ1n) is 10.5. The molecular weight excluding hydrogens is 420 g/mol. The summed E-state index contributed by atoms with van der Waals surface area (Å²) >= 11 is 0. The van der Waals surface area contributed by atoms with Gasteiger partial charge in [0.2, 0.25) is 0 Å². The van der Waals surface area contributed by atoms with E-state index in [1.54, 1.807) is 66.5 Å². The van der Waals surface area contributed by atoms with Crippen LogP contribution in [0.15, 0.2) is 91.3 Å². The minimum atomic E-state index is -0.879. The van der Waals surface area contributed by atoms with Gasteiger partial charge in [-0.3, -0.25) is 4.79 Å². The molecule has 1 atom stereocenters. The second kappa shape index (κ2) is 10.5. The van der Waals surface area contributed by atoms with E-state index in [4.69, 9.17) is 14.2 Å². The average Bonchev–Trinajstić information content (AvgIpc) is 3.37. The molecule has 0 unspecified atom stereocenters. The van der Waals surface area contributed by atoms with Gasteiger partial charge < -0.3 is 19.3 Å². The van der Waals surface area contributed by atoms with E-state index in [-0.39, 0.29) is 19.0 Å². The predicted octanol–water partition coefficient (Wildman–Crippen LogP) is 3.93. The predicted molar refractivity (Wildman–Crippen MR) is 123 cm³/mol. The minimum Gasteiger partial charge on any atom is -0.497 e. The van der Waals surface area contributed by atoms with E-state index >= 15 is 0 Å². The van der Waals surface area contributed by atoms with Crippen LogP contribution in [0.25, 0.3) is 5.69 Å². The van der Waals surface area contributed by atoms with Crippen LogP contribution in [-0.4, -0.2) is 47.1 Å². The van der Waals surface area contributed by atoms with Crippen LogP contribution in [0.1, 0.15) is 15.9 Å². The molecule has 4 aromatic rings. The van der Waals surface area contributed by atoms with Crippen molar-refractivity contribution in [2.45, 2.75) is 6.10 Å². The van der Waals surface area contributed by atoms with E-state index in [0.29, 0.717) is 22.6 Å². The molecule has 168 valence electrons. The highest BCUT2D eigenvalue weighted by Crippen LogP contribution is 2.23. The topological polar surface area (TPSA) is 82.8 Å². The highest BCUT2D eigenvalue weighted by Gasteiger charge is 2.17. The molecule has 33 heavy (non-hydrogen) atoms. The highest BCUT2D eigenvalue weighted by atomic mass is 16.5. The second-order valence-electron chi connectivity index (χ2n) is 7.29. The van der Waals surface area contributed by atoms with Gasteiger partial charge in [0, 0.05) is 6.20 Å². The summed E-state index contributed by atoms with van der Waals surface area (Å²) in [6.07, 6.45) is 2.34. The number of aliphatic hydroxyl groups excluding tert-OH is 1. The lowest BCUT2D eigenvalue weighted by molar-refractivity contribution is 0.0621. The van der Waals surface area contributed by atoms with Gasteiger partial charge in [0.05, 0.1) is 30.1 Å². The van der Waals surface area contributed by atoms with Crippen LogP contribution in [0.4, 0.5) is 0 Å². The fourth-order valence-corrected chi connectivity index (χ4v) is 3.20. The van der Waals surface area contributed by atoms with Crippen molar-refractivity contribution in [1.82, 2.24) is 9.78 Å². The third kappa shape index (κ3) is 5.58. The smallest absolute Gasteiger partial charge is 0.199 e. The molecular formula is C26H24N2O5. The Morgan fingerprint density at radius 3 is 2.33 bits per heavy atom. The number of carbonyl (C=O) groups excluding carboxylic acids is 1. The van der Waals surface area contributed by atoms with E-state index in [2.05, 4.69) is 5.10 Å². The summed E-state index contributed by atoms with van der Waals surface area (Å²) in [7, 11) is 1.59. The number of benzene rings is 3. The Morgan fingerprint density at radius 1 is 0.909 bits per heavy atom.